The van der Waals surface area contributed by atoms with Crippen LogP contribution in [0.3, 0.4) is 0 Å². The standard InChI is InChI=1S/C13H13NO6/c15-5-10(16)11(17)6-1-2-9-7(3-6)12(18)8(4-14-9)13(19)20/h1-4,10-11,15-17H,5H2,(H,14,18)(H,19,20). The van der Waals surface area contributed by atoms with Gasteiger partial charge in [0, 0.05) is 17.1 Å². The summed E-state index contributed by atoms with van der Waals surface area (Å²) >= 11 is 0. The monoisotopic (exact) mass is 279 g/mol. The Morgan fingerprint density at radius 2 is 2.00 bits per heavy atom. The number of aromatic nitrogens is 1. The van der Waals surface area contributed by atoms with Gasteiger partial charge < -0.3 is 25.4 Å². The van der Waals surface area contributed by atoms with Crippen LogP contribution in [-0.2, 0) is 0 Å². The summed E-state index contributed by atoms with van der Waals surface area (Å²) in [5, 5.41) is 36.9. The number of aliphatic hydroxyl groups excluding tert-OH is 3. The van der Waals surface area contributed by atoms with E-state index in [2.05, 4.69) is 4.98 Å². The van der Waals surface area contributed by atoms with Gasteiger partial charge in [0.1, 0.15) is 17.8 Å². The first-order chi connectivity index (χ1) is 9.45. The van der Waals surface area contributed by atoms with Gasteiger partial charge in [-0.25, -0.2) is 4.79 Å². The molecule has 0 spiro atoms. The number of rotatable bonds is 4. The molecule has 1 heterocycles. The summed E-state index contributed by atoms with van der Waals surface area (Å²) in [5.74, 6) is -1.35. The van der Waals surface area contributed by atoms with Crippen LogP contribution < -0.4 is 5.43 Å². The molecule has 2 rings (SSSR count). The second-order valence-corrected chi connectivity index (χ2v) is 4.34. The molecule has 0 saturated carbocycles. The number of hydrogen-bond donors (Lipinski definition) is 5. The van der Waals surface area contributed by atoms with Crippen LogP contribution in [0, 0.1) is 0 Å². The second-order valence-electron chi connectivity index (χ2n) is 4.34. The van der Waals surface area contributed by atoms with E-state index in [9.17, 15) is 19.8 Å². The largest absolute Gasteiger partial charge is 0.477 e. The first kappa shape index (κ1) is 14.2. The summed E-state index contributed by atoms with van der Waals surface area (Å²) in [4.78, 5) is 25.6. The number of aliphatic hydroxyl groups is 3. The minimum absolute atomic E-state index is 0.0894. The van der Waals surface area contributed by atoms with Crippen molar-refractivity contribution in [1.29, 1.82) is 0 Å². The van der Waals surface area contributed by atoms with Crippen LogP contribution in [0.2, 0.25) is 0 Å². The lowest BCUT2D eigenvalue weighted by molar-refractivity contribution is -0.0152. The second kappa shape index (κ2) is 5.41. The van der Waals surface area contributed by atoms with Gasteiger partial charge in [0.2, 0.25) is 5.43 Å². The predicted molar refractivity (Wildman–Crippen MR) is 69.6 cm³/mol. The quantitative estimate of drug-likeness (QED) is 0.518. The third-order valence-corrected chi connectivity index (χ3v) is 3.03. The first-order valence-corrected chi connectivity index (χ1v) is 5.81. The molecule has 1 aromatic carbocycles. The highest BCUT2D eigenvalue weighted by atomic mass is 16.4. The molecule has 2 aromatic rings. The van der Waals surface area contributed by atoms with Gasteiger partial charge in [-0.2, -0.15) is 0 Å². The number of H-pyrrole nitrogens is 1. The maximum atomic E-state index is 12.0. The van der Waals surface area contributed by atoms with E-state index in [-0.39, 0.29) is 10.9 Å². The molecule has 106 valence electrons. The van der Waals surface area contributed by atoms with Crippen molar-refractivity contribution in [3.05, 3.63) is 45.7 Å². The van der Waals surface area contributed by atoms with E-state index in [0.717, 1.165) is 6.20 Å². The summed E-state index contributed by atoms with van der Waals surface area (Å²) < 4.78 is 0. The number of aromatic carboxylic acids is 1. The molecule has 0 saturated heterocycles. The van der Waals surface area contributed by atoms with Crippen molar-refractivity contribution in [2.24, 2.45) is 0 Å². The van der Waals surface area contributed by atoms with E-state index < -0.39 is 35.8 Å². The molecule has 0 radical (unpaired) electrons. The van der Waals surface area contributed by atoms with Crippen LogP contribution in [0.25, 0.3) is 10.9 Å². The van der Waals surface area contributed by atoms with Gasteiger partial charge >= 0.3 is 5.97 Å². The van der Waals surface area contributed by atoms with Gasteiger partial charge in [0.15, 0.2) is 0 Å². The number of carboxylic acids is 1. The van der Waals surface area contributed by atoms with Crippen molar-refractivity contribution < 1.29 is 25.2 Å². The molecule has 2 atom stereocenters. The minimum Gasteiger partial charge on any atom is -0.477 e. The highest BCUT2D eigenvalue weighted by Crippen LogP contribution is 2.20. The molecule has 0 amide bonds. The Hall–Kier alpha value is -2.22. The lowest BCUT2D eigenvalue weighted by atomic mass is 10.0. The lowest BCUT2D eigenvalue weighted by Crippen LogP contribution is -2.22. The molecule has 20 heavy (non-hydrogen) atoms. The molecule has 7 heteroatoms. The number of hydrogen-bond acceptors (Lipinski definition) is 5. The average molecular weight is 279 g/mol. The maximum Gasteiger partial charge on any atom is 0.341 e. The summed E-state index contributed by atoms with van der Waals surface area (Å²) in [6.45, 7) is -0.634. The minimum atomic E-state index is -1.38. The molecule has 5 N–H and O–H groups in total. The van der Waals surface area contributed by atoms with Crippen LogP contribution in [-0.4, -0.2) is 44.1 Å². The van der Waals surface area contributed by atoms with Crippen molar-refractivity contribution in [2.75, 3.05) is 6.61 Å². The van der Waals surface area contributed by atoms with Crippen LogP contribution in [0.1, 0.15) is 22.0 Å². The molecule has 7 nitrogen and oxygen atoms in total. The van der Waals surface area contributed by atoms with Crippen molar-refractivity contribution in [3.63, 3.8) is 0 Å². The SMILES string of the molecule is O=C(O)c1c[nH]c2ccc(C(O)C(O)CO)cc2c1=O. The zero-order valence-corrected chi connectivity index (χ0v) is 10.3. The Balaban J connectivity index is 2.60. The molecule has 0 bridgehead atoms. The zero-order valence-electron chi connectivity index (χ0n) is 10.3. The van der Waals surface area contributed by atoms with Gasteiger partial charge in [0.05, 0.1) is 6.61 Å². The predicted octanol–water partition coefficient (Wildman–Crippen LogP) is -0.387. The third kappa shape index (κ3) is 2.42. The highest BCUT2D eigenvalue weighted by Gasteiger charge is 2.19. The van der Waals surface area contributed by atoms with Crippen LogP contribution in [0.15, 0.2) is 29.2 Å². The highest BCUT2D eigenvalue weighted by molar-refractivity contribution is 5.92. The van der Waals surface area contributed by atoms with Gasteiger partial charge in [-0.1, -0.05) is 6.07 Å². The van der Waals surface area contributed by atoms with Crippen molar-refractivity contribution in [3.8, 4) is 0 Å². The molecular weight excluding hydrogens is 266 g/mol. The van der Waals surface area contributed by atoms with Crippen LogP contribution in [0.4, 0.5) is 0 Å². The Morgan fingerprint density at radius 3 is 2.60 bits per heavy atom. The van der Waals surface area contributed by atoms with Crippen LogP contribution in [0.5, 0.6) is 0 Å². The molecule has 0 aliphatic heterocycles. The molecule has 0 aliphatic rings. The molecular formula is C13H13NO6. The van der Waals surface area contributed by atoms with Gasteiger partial charge in [-0.3, -0.25) is 4.79 Å². The summed E-state index contributed by atoms with van der Waals surface area (Å²) in [6, 6.07) is 4.26. The van der Waals surface area contributed by atoms with Crippen molar-refractivity contribution in [2.45, 2.75) is 12.2 Å². The van der Waals surface area contributed by atoms with Crippen LogP contribution >= 0.6 is 0 Å². The van der Waals surface area contributed by atoms with E-state index in [1.165, 1.54) is 18.2 Å². The number of aromatic amines is 1. The van der Waals surface area contributed by atoms with Crippen molar-refractivity contribution >= 4 is 16.9 Å². The maximum absolute atomic E-state index is 12.0. The normalized spacial score (nSPS) is 14.2. The number of pyridine rings is 1. The molecule has 2 unspecified atom stereocenters. The summed E-state index contributed by atoms with van der Waals surface area (Å²) in [5.41, 5.74) is -0.466. The Labute approximate surface area is 112 Å². The average Bonchev–Trinajstić information content (AvgIpc) is 2.45. The van der Waals surface area contributed by atoms with E-state index in [1.807, 2.05) is 0 Å². The zero-order chi connectivity index (χ0) is 14.9. The molecule has 0 aliphatic carbocycles. The topological polar surface area (TPSA) is 131 Å². The van der Waals surface area contributed by atoms with Gasteiger partial charge in [-0.15, -0.1) is 0 Å². The third-order valence-electron chi connectivity index (χ3n) is 3.03. The smallest absolute Gasteiger partial charge is 0.341 e. The van der Waals surface area contributed by atoms with Gasteiger partial charge in [-0.05, 0) is 17.7 Å². The number of nitrogens with one attached hydrogen (secondary N) is 1. The number of carboxylic acid groups (broad SMARTS) is 1. The van der Waals surface area contributed by atoms with Gasteiger partial charge in [0.25, 0.3) is 0 Å². The number of benzene rings is 1. The van der Waals surface area contributed by atoms with E-state index >= 15 is 0 Å². The first-order valence-electron chi connectivity index (χ1n) is 5.81. The summed E-state index contributed by atoms with van der Waals surface area (Å²) in [6.07, 6.45) is -1.64. The van der Waals surface area contributed by atoms with E-state index in [0.29, 0.717) is 5.52 Å². The summed E-state index contributed by atoms with van der Waals surface area (Å²) in [7, 11) is 0. The fourth-order valence-corrected chi connectivity index (χ4v) is 1.90. The Kier molecular flexibility index (Phi) is 3.84. The lowest BCUT2D eigenvalue weighted by Gasteiger charge is -2.16. The fourth-order valence-electron chi connectivity index (χ4n) is 1.90. The Bertz CT molecular complexity index is 708. The number of fused-ring (bicyclic) bond motifs is 1. The van der Waals surface area contributed by atoms with E-state index in [4.69, 9.17) is 10.2 Å². The van der Waals surface area contributed by atoms with E-state index in [1.54, 1.807) is 0 Å². The molecule has 0 fully saturated rings. The fraction of sp³-hybridized carbons (Fsp3) is 0.231. The molecule has 1 aromatic heterocycles. The van der Waals surface area contributed by atoms with Crippen molar-refractivity contribution in [1.82, 2.24) is 4.98 Å². The number of carbonyl (C=O) groups is 1. The Morgan fingerprint density at radius 1 is 1.30 bits per heavy atom.